The highest BCUT2D eigenvalue weighted by molar-refractivity contribution is 6.33. The van der Waals surface area contributed by atoms with Crippen LogP contribution in [0.3, 0.4) is 0 Å². The van der Waals surface area contributed by atoms with Gasteiger partial charge in [0.25, 0.3) is 5.91 Å². The molecule has 1 heterocycles. The molecule has 29 heavy (non-hydrogen) atoms. The van der Waals surface area contributed by atoms with Gasteiger partial charge >= 0.3 is 6.18 Å². The standard InChI is InChI=1S/C17H18ClF3N6O2/c1-9(28)23-5-6-24-14-11(17(19,20)21)8-25-16(27-14)26-13-4-3-10(7-12(13)18)15(29)22-2/h3-4,7-8H,5-6H2,1-2H3,(H,22,29)(H,23,28)(H2,24,25,26,27). The predicted octanol–water partition coefficient (Wildman–Crippen LogP) is 2.80. The summed E-state index contributed by atoms with van der Waals surface area (Å²) in [5.41, 5.74) is -0.424. The van der Waals surface area contributed by atoms with Crippen molar-refractivity contribution in [2.45, 2.75) is 13.1 Å². The molecule has 156 valence electrons. The van der Waals surface area contributed by atoms with E-state index in [2.05, 4.69) is 31.2 Å². The second-order valence-corrected chi connectivity index (χ2v) is 6.17. The Morgan fingerprint density at radius 1 is 1.21 bits per heavy atom. The number of nitrogens with zero attached hydrogens (tertiary/aromatic N) is 2. The van der Waals surface area contributed by atoms with Crippen LogP contribution in [0.15, 0.2) is 24.4 Å². The molecular weight excluding hydrogens is 413 g/mol. The molecule has 8 nitrogen and oxygen atoms in total. The first-order chi connectivity index (χ1) is 13.6. The third-order valence-corrected chi connectivity index (χ3v) is 3.90. The smallest absolute Gasteiger partial charge is 0.368 e. The van der Waals surface area contributed by atoms with Crippen LogP contribution < -0.4 is 21.3 Å². The first-order valence-corrected chi connectivity index (χ1v) is 8.70. The van der Waals surface area contributed by atoms with Gasteiger partial charge in [-0.3, -0.25) is 9.59 Å². The number of hydrogen-bond acceptors (Lipinski definition) is 6. The zero-order valence-electron chi connectivity index (χ0n) is 15.4. The Labute approximate surface area is 169 Å². The van der Waals surface area contributed by atoms with E-state index in [9.17, 15) is 22.8 Å². The summed E-state index contributed by atoms with van der Waals surface area (Å²) in [5, 5.41) is 10.3. The highest BCUT2D eigenvalue weighted by Crippen LogP contribution is 2.34. The van der Waals surface area contributed by atoms with Crippen molar-refractivity contribution in [2.24, 2.45) is 0 Å². The SMILES string of the molecule is CNC(=O)c1ccc(Nc2ncc(C(F)(F)F)c(NCCNC(C)=O)n2)c(Cl)c1. The molecule has 0 fully saturated rings. The van der Waals surface area contributed by atoms with Crippen molar-refractivity contribution in [1.29, 1.82) is 0 Å². The van der Waals surface area contributed by atoms with Crippen molar-refractivity contribution in [3.8, 4) is 0 Å². The number of nitrogens with one attached hydrogen (secondary N) is 4. The number of benzene rings is 1. The molecule has 0 radical (unpaired) electrons. The maximum atomic E-state index is 13.2. The van der Waals surface area contributed by atoms with Crippen molar-refractivity contribution in [3.05, 3.63) is 40.5 Å². The highest BCUT2D eigenvalue weighted by Gasteiger charge is 2.35. The predicted molar refractivity (Wildman–Crippen MR) is 102 cm³/mol. The summed E-state index contributed by atoms with van der Waals surface area (Å²) in [6.07, 6.45) is -4.02. The molecule has 0 unspecified atom stereocenters. The van der Waals surface area contributed by atoms with Gasteiger partial charge in [0.15, 0.2) is 0 Å². The Morgan fingerprint density at radius 2 is 1.93 bits per heavy atom. The summed E-state index contributed by atoms with van der Waals surface area (Å²) < 4.78 is 39.6. The zero-order chi connectivity index (χ0) is 21.6. The van der Waals surface area contributed by atoms with Crippen molar-refractivity contribution in [3.63, 3.8) is 0 Å². The summed E-state index contributed by atoms with van der Waals surface area (Å²) in [6.45, 7) is 1.44. The lowest BCUT2D eigenvalue weighted by molar-refractivity contribution is -0.137. The summed E-state index contributed by atoms with van der Waals surface area (Å²) in [6, 6.07) is 4.38. The van der Waals surface area contributed by atoms with Gasteiger partial charge in [-0.15, -0.1) is 0 Å². The molecule has 4 N–H and O–H groups in total. The van der Waals surface area contributed by atoms with E-state index < -0.39 is 17.6 Å². The van der Waals surface area contributed by atoms with Crippen LogP contribution in [0.2, 0.25) is 5.02 Å². The minimum Gasteiger partial charge on any atom is -0.368 e. The number of halogens is 4. The van der Waals surface area contributed by atoms with Gasteiger partial charge in [-0.1, -0.05) is 11.6 Å². The Hall–Kier alpha value is -3.08. The van der Waals surface area contributed by atoms with E-state index in [1.165, 1.54) is 32.2 Å². The molecule has 0 bridgehead atoms. The third kappa shape index (κ3) is 6.21. The number of alkyl halides is 3. The Morgan fingerprint density at radius 3 is 2.52 bits per heavy atom. The molecule has 2 amide bonds. The molecule has 0 aliphatic carbocycles. The van der Waals surface area contributed by atoms with Crippen LogP contribution in [0.1, 0.15) is 22.8 Å². The monoisotopic (exact) mass is 430 g/mol. The average Bonchev–Trinajstić information content (AvgIpc) is 2.65. The molecule has 2 aromatic rings. The molecular formula is C17H18ClF3N6O2. The first-order valence-electron chi connectivity index (χ1n) is 8.33. The topological polar surface area (TPSA) is 108 Å². The van der Waals surface area contributed by atoms with E-state index in [1.54, 1.807) is 0 Å². The second kappa shape index (κ2) is 9.41. The molecule has 0 saturated heterocycles. The molecule has 0 aliphatic rings. The van der Waals surface area contributed by atoms with Gasteiger partial charge in [-0.25, -0.2) is 4.98 Å². The minimum atomic E-state index is -4.67. The molecule has 0 aliphatic heterocycles. The fourth-order valence-electron chi connectivity index (χ4n) is 2.23. The van der Waals surface area contributed by atoms with Gasteiger partial charge < -0.3 is 21.3 Å². The number of carbonyl (C=O) groups is 2. The number of rotatable bonds is 7. The molecule has 0 spiro atoms. The van der Waals surface area contributed by atoms with Crippen LogP contribution in [0.4, 0.5) is 30.6 Å². The number of anilines is 3. The quantitative estimate of drug-likeness (QED) is 0.503. The van der Waals surface area contributed by atoms with Crippen molar-refractivity contribution in [2.75, 3.05) is 30.8 Å². The Bertz CT molecular complexity index is 907. The lowest BCUT2D eigenvalue weighted by Crippen LogP contribution is -2.27. The van der Waals surface area contributed by atoms with Crippen LogP contribution in [0, 0.1) is 0 Å². The zero-order valence-corrected chi connectivity index (χ0v) is 16.2. The molecule has 12 heteroatoms. The number of aromatic nitrogens is 2. The number of amides is 2. The van der Waals surface area contributed by atoms with Crippen molar-refractivity contribution >= 4 is 40.9 Å². The Kier molecular flexibility index (Phi) is 7.21. The van der Waals surface area contributed by atoms with Crippen LogP contribution in [0.5, 0.6) is 0 Å². The van der Waals surface area contributed by atoms with Gasteiger partial charge in [-0.2, -0.15) is 18.2 Å². The van der Waals surface area contributed by atoms with E-state index >= 15 is 0 Å². The highest BCUT2D eigenvalue weighted by atomic mass is 35.5. The van der Waals surface area contributed by atoms with Gasteiger partial charge in [0.1, 0.15) is 11.4 Å². The maximum Gasteiger partial charge on any atom is 0.421 e. The van der Waals surface area contributed by atoms with E-state index in [1.807, 2.05) is 0 Å². The number of carbonyl (C=O) groups excluding carboxylic acids is 2. The van der Waals surface area contributed by atoms with Crippen LogP contribution in [0.25, 0.3) is 0 Å². The summed E-state index contributed by atoms with van der Waals surface area (Å²) in [7, 11) is 1.47. The Balaban J connectivity index is 2.24. The van der Waals surface area contributed by atoms with Crippen molar-refractivity contribution in [1.82, 2.24) is 20.6 Å². The fourth-order valence-corrected chi connectivity index (χ4v) is 2.45. The van der Waals surface area contributed by atoms with E-state index in [0.29, 0.717) is 17.4 Å². The normalized spacial score (nSPS) is 11.0. The van der Waals surface area contributed by atoms with Crippen LogP contribution in [-0.4, -0.2) is 41.9 Å². The first kappa shape index (κ1) is 22.2. The van der Waals surface area contributed by atoms with Crippen LogP contribution >= 0.6 is 11.6 Å². The third-order valence-electron chi connectivity index (χ3n) is 3.59. The lowest BCUT2D eigenvalue weighted by Gasteiger charge is -2.15. The lowest BCUT2D eigenvalue weighted by atomic mass is 10.2. The molecule has 1 aromatic heterocycles. The molecule has 0 saturated carbocycles. The van der Waals surface area contributed by atoms with Gasteiger partial charge in [0.2, 0.25) is 11.9 Å². The van der Waals surface area contributed by atoms with E-state index in [4.69, 9.17) is 11.6 Å². The van der Waals surface area contributed by atoms with Gasteiger partial charge in [0, 0.05) is 38.8 Å². The summed E-state index contributed by atoms with van der Waals surface area (Å²) in [5.74, 6) is -1.22. The van der Waals surface area contributed by atoms with Gasteiger partial charge in [-0.05, 0) is 18.2 Å². The molecule has 0 atom stereocenters. The van der Waals surface area contributed by atoms with Gasteiger partial charge in [0.05, 0.1) is 10.7 Å². The summed E-state index contributed by atoms with van der Waals surface area (Å²) >= 11 is 6.12. The van der Waals surface area contributed by atoms with E-state index in [-0.39, 0.29) is 35.9 Å². The fraction of sp³-hybridized carbons (Fsp3) is 0.294. The molecule has 1 aromatic carbocycles. The largest absolute Gasteiger partial charge is 0.421 e. The minimum absolute atomic E-state index is 0.0285. The summed E-state index contributed by atoms with van der Waals surface area (Å²) in [4.78, 5) is 30.0. The maximum absolute atomic E-state index is 13.2. The average molecular weight is 431 g/mol. The van der Waals surface area contributed by atoms with E-state index in [0.717, 1.165) is 0 Å². The van der Waals surface area contributed by atoms with Crippen molar-refractivity contribution < 1.29 is 22.8 Å². The number of hydrogen-bond donors (Lipinski definition) is 4. The second-order valence-electron chi connectivity index (χ2n) is 5.76. The molecule has 2 rings (SSSR count). The van der Waals surface area contributed by atoms with Crippen LogP contribution in [-0.2, 0) is 11.0 Å².